The Morgan fingerprint density at radius 1 is 0.970 bits per heavy atom. The van der Waals surface area contributed by atoms with Crippen LogP contribution in [0.2, 0.25) is 0 Å². The number of carbonyl (C=O) groups excluding carboxylic acids is 1. The molecule has 3 aromatic heterocycles. The summed E-state index contributed by atoms with van der Waals surface area (Å²) in [6, 6.07) is 20.4. The Balaban J connectivity index is 1.47. The summed E-state index contributed by atoms with van der Waals surface area (Å²) in [6.45, 7) is 0. The monoisotopic (exact) mass is 434 g/mol. The van der Waals surface area contributed by atoms with E-state index in [0.29, 0.717) is 18.7 Å². The first-order valence-electron chi connectivity index (χ1n) is 11.0. The first kappa shape index (κ1) is 19.4. The summed E-state index contributed by atoms with van der Waals surface area (Å²) in [7, 11) is 0. The summed E-state index contributed by atoms with van der Waals surface area (Å²) in [6.07, 6.45) is 4.96. The van der Waals surface area contributed by atoms with Crippen LogP contribution in [-0.2, 0) is 4.79 Å². The van der Waals surface area contributed by atoms with E-state index in [1.165, 1.54) is 0 Å². The van der Waals surface area contributed by atoms with Crippen molar-refractivity contribution in [2.24, 2.45) is 11.7 Å². The third kappa shape index (κ3) is 3.20. The van der Waals surface area contributed by atoms with Crippen LogP contribution in [0.4, 0.5) is 5.82 Å². The molecule has 5 aromatic rings. The van der Waals surface area contributed by atoms with Gasteiger partial charge in [-0.2, -0.15) is 0 Å². The molecule has 7 heteroatoms. The molecule has 1 saturated carbocycles. The van der Waals surface area contributed by atoms with Crippen LogP contribution in [0.15, 0.2) is 73.1 Å². The number of nitrogens with zero attached hydrogens (tertiary/aromatic N) is 4. The van der Waals surface area contributed by atoms with Crippen molar-refractivity contribution < 1.29 is 4.79 Å². The van der Waals surface area contributed by atoms with Crippen LogP contribution >= 0.6 is 0 Å². The lowest BCUT2D eigenvalue weighted by atomic mass is 9.74. The van der Waals surface area contributed by atoms with Crippen molar-refractivity contribution in [3.63, 3.8) is 0 Å². The molecule has 0 radical (unpaired) electrons. The molecule has 33 heavy (non-hydrogen) atoms. The van der Waals surface area contributed by atoms with Crippen molar-refractivity contribution >= 4 is 28.1 Å². The van der Waals surface area contributed by atoms with Gasteiger partial charge in [0.2, 0.25) is 5.91 Å². The lowest BCUT2D eigenvalue weighted by Gasteiger charge is -2.31. The van der Waals surface area contributed by atoms with Gasteiger partial charge >= 0.3 is 0 Å². The van der Waals surface area contributed by atoms with E-state index in [1.54, 1.807) is 6.20 Å². The zero-order valence-corrected chi connectivity index (χ0v) is 17.8. The number of benzene rings is 2. The van der Waals surface area contributed by atoms with Crippen LogP contribution in [0, 0.1) is 5.92 Å². The first-order valence-corrected chi connectivity index (χ1v) is 11.0. The fourth-order valence-electron chi connectivity index (χ4n) is 4.67. The number of nitrogens with two attached hydrogens (primary N) is 2. The fraction of sp³-hybridized carbons (Fsp3) is 0.154. The largest absolute Gasteiger partial charge is 0.382 e. The van der Waals surface area contributed by atoms with Crippen LogP contribution in [0.1, 0.15) is 24.6 Å². The number of carbonyl (C=O) groups is 1. The van der Waals surface area contributed by atoms with Crippen LogP contribution < -0.4 is 11.5 Å². The molecular weight excluding hydrogens is 412 g/mol. The smallest absolute Gasteiger partial charge is 0.220 e. The molecule has 0 aliphatic heterocycles. The third-order valence-electron chi connectivity index (χ3n) is 6.55. The molecule has 1 aliphatic carbocycles. The van der Waals surface area contributed by atoms with E-state index in [9.17, 15) is 4.79 Å². The molecule has 0 spiro atoms. The second-order valence-electron chi connectivity index (χ2n) is 8.59. The fourth-order valence-corrected chi connectivity index (χ4v) is 4.67. The first-order chi connectivity index (χ1) is 16.1. The number of pyridine rings is 1. The topological polar surface area (TPSA) is 112 Å². The lowest BCUT2D eigenvalue weighted by Crippen LogP contribution is -2.34. The Bertz CT molecular complexity index is 1520. The Morgan fingerprint density at radius 2 is 1.76 bits per heavy atom. The number of rotatable bonds is 4. The minimum absolute atomic E-state index is 0.0914. The molecule has 1 fully saturated rings. The summed E-state index contributed by atoms with van der Waals surface area (Å²) in [5.74, 6) is 1.13. The highest BCUT2D eigenvalue weighted by molar-refractivity contribution is 5.91. The van der Waals surface area contributed by atoms with Gasteiger partial charge in [0.15, 0.2) is 0 Å². The number of fused-ring (bicyclic) bond motifs is 2. The SMILES string of the molecule is Nc1nccn2c1c(-c1ccc3ccc(-c4ccccc4)nc3c1)nc2[C@H]1C[C@@H](C(N)=O)C1. The molecule has 6 rings (SSSR count). The van der Waals surface area contributed by atoms with Crippen molar-refractivity contribution in [2.45, 2.75) is 18.8 Å². The van der Waals surface area contributed by atoms with Crippen molar-refractivity contribution in [3.05, 3.63) is 78.9 Å². The van der Waals surface area contributed by atoms with Crippen LogP contribution in [0.25, 0.3) is 38.9 Å². The zero-order valence-electron chi connectivity index (χ0n) is 17.8. The Kier molecular flexibility index (Phi) is 4.36. The summed E-state index contributed by atoms with van der Waals surface area (Å²) >= 11 is 0. The number of hydrogen-bond donors (Lipinski definition) is 2. The van der Waals surface area contributed by atoms with Gasteiger partial charge in [0.1, 0.15) is 22.9 Å². The maximum Gasteiger partial charge on any atom is 0.220 e. The van der Waals surface area contributed by atoms with Gasteiger partial charge in [0.25, 0.3) is 0 Å². The number of imidazole rings is 1. The molecule has 3 heterocycles. The van der Waals surface area contributed by atoms with Crippen LogP contribution in [0.5, 0.6) is 0 Å². The number of nitrogen functional groups attached to an aromatic ring is 1. The second kappa shape index (κ2) is 7.41. The van der Waals surface area contributed by atoms with Gasteiger partial charge in [0.05, 0.1) is 11.2 Å². The van der Waals surface area contributed by atoms with E-state index in [0.717, 1.165) is 44.8 Å². The van der Waals surface area contributed by atoms with Crippen LogP contribution in [0.3, 0.4) is 0 Å². The van der Waals surface area contributed by atoms with Gasteiger partial charge in [0, 0.05) is 40.7 Å². The molecule has 7 nitrogen and oxygen atoms in total. The normalized spacial score (nSPS) is 17.8. The van der Waals surface area contributed by atoms with Gasteiger partial charge in [-0.05, 0) is 25.0 Å². The predicted octanol–water partition coefficient (Wildman–Crippen LogP) is 4.17. The number of amides is 1. The average Bonchev–Trinajstić information content (AvgIpc) is 3.18. The Labute approximate surface area is 190 Å². The van der Waals surface area contributed by atoms with Gasteiger partial charge in [-0.25, -0.2) is 15.0 Å². The standard InChI is InChI=1S/C26H22N6O/c27-24-23-22(31-26(32(23)11-10-29-24)19-12-18(13-19)25(28)33)17-7-6-16-8-9-20(30-21(16)14-17)15-4-2-1-3-5-15/h1-11,14,18-19H,12-13H2,(H2,27,29)(H2,28,33)/t18-,19+. The third-order valence-corrected chi connectivity index (χ3v) is 6.55. The Hall–Kier alpha value is -4.26. The molecular formula is C26H22N6O. The molecule has 162 valence electrons. The van der Waals surface area contributed by atoms with E-state index in [2.05, 4.69) is 29.2 Å². The van der Waals surface area contributed by atoms with Gasteiger partial charge in [-0.15, -0.1) is 0 Å². The minimum atomic E-state index is -0.247. The van der Waals surface area contributed by atoms with E-state index in [1.807, 2.05) is 47.0 Å². The van der Waals surface area contributed by atoms with Gasteiger partial charge in [-0.3, -0.25) is 9.20 Å². The van der Waals surface area contributed by atoms with E-state index < -0.39 is 0 Å². The van der Waals surface area contributed by atoms with E-state index in [4.69, 9.17) is 21.4 Å². The summed E-state index contributed by atoms with van der Waals surface area (Å²) < 4.78 is 2.00. The molecule has 1 amide bonds. The lowest BCUT2D eigenvalue weighted by molar-refractivity contribution is -0.124. The average molecular weight is 435 g/mol. The highest BCUT2D eigenvalue weighted by Crippen LogP contribution is 2.43. The molecule has 0 bridgehead atoms. The van der Waals surface area contributed by atoms with E-state index in [-0.39, 0.29) is 17.7 Å². The molecule has 0 atom stereocenters. The van der Waals surface area contributed by atoms with E-state index >= 15 is 0 Å². The van der Waals surface area contributed by atoms with Crippen molar-refractivity contribution in [1.29, 1.82) is 0 Å². The van der Waals surface area contributed by atoms with Crippen molar-refractivity contribution in [2.75, 3.05) is 5.73 Å². The molecule has 0 unspecified atom stereocenters. The zero-order chi connectivity index (χ0) is 22.5. The molecule has 4 N–H and O–H groups in total. The molecule has 0 saturated heterocycles. The molecule has 1 aliphatic rings. The number of primary amides is 1. The maximum atomic E-state index is 11.5. The van der Waals surface area contributed by atoms with Gasteiger partial charge < -0.3 is 11.5 Å². The van der Waals surface area contributed by atoms with Gasteiger partial charge in [-0.1, -0.05) is 48.5 Å². The minimum Gasteiger partial charge on any atom is -0.382 e. The van der Waals surface area contributed by atoms with Crippen molar-refractivity contribution in [3.8, 4) is 22.5 Å². The maximum absolute atomic E-state index is 11.5. The highest BCUT2D eigenvalue weighted by atomic mass is 16.1. The Morgan fingerprint density at radius 3 is 2.55 bits per heavy atom. The molecule has 2 aromatic carbocycles. The van der Waals surface area contributed by atoms with Crippen molar-refractivity contribution in [1.82, 2.24) is 19.4 Å². The highest BCUT2D eigenvalue weighted by Gasteiger charge is 2.37. The summed E-state index contributed by atoms with van der Waals surface area (Å²) in [4.78, 5) is 25.7. The quantitative estimate of drug-likeness (QED) is 0.441. The van der Waals surface area contributed by atoms with Crippen LogP contribution in [-0.4, -0.2) is 25.3 Å². The summed E-state index contributed by atoms with van der Waals surface area (Å²) in [5, 5.41) is 1.05. The summed E-state index contributed by atoms with van der Waals surface area (Å²) in [5.41, 5.74) is 17.1. The second-order valence-corrected chi connectivity index (χ2v) is 8.59. The number of aromatic nitrogens is 4. The number of hydrogen-bond acceptors (Lipinski definition) is 5. The predicted molar refractivity (Wildman–Crippen MR) is 128 cm³/mol. The number of anilines is 1.